The van der Waals surface area contributed by atoms with E-state index in [1.807, 2.05) is 0 Å². The molecule has 17 heavy (non-hydrogen) atoms. The Labute approximate surface area is 99.2 Å². The van der Waals surface area contributed by atoms with Gasteiger partial charge < -0.3 is 0 Å². The Bertz CT molecular complexity index is 555. The van der Waals surface area contributed by atoms with Gasteiger partial charge in [-0.1, -0.05) is 6.58 Å². The summed E-state index contributed by atoms with van der Waals surface area (Å²) in [6, 6.07) is 2.63. The van der Waals surface area contributed by atoms with E-state index >= 15 is 0 Å². The third-order valence-corrected chi connectivity index (χ3v) is 3.12. The Kier molecular flexibility index (Phi) is 3.52. The van der Waals surface area contributed by atoms with E-state index in [0.29, 0.717) is 16.8 Å². The lowest BCUT2D eigenvalue weighted by atomic mass is 10.1. The van der Waals surface area contributed by atoms with Crippen LogP contribution in [0.2, 0.25) is 0 Å². The summed E-state index contributed by atoms with van der Waals surface area (Å²) in [5.41, 5.74) is 1.25. The average Bonchev–Trinajstić information content (AvgIpc) is 2.23. The summed E-state index contributed by atoms with van der Waals surface area (Å²) in [7, 11) is -3.61. The number of nitrogens with one attached hydrogen (secondary N) is 1. The van der Waals surface area contributed by atoms with Crippen LogP contribution in [-0.2, 0) is 10.0 Å². The van der Waals surface area contributed by atoms with E-state index in [4.69, 9.17) is 0 Å². The first kappa shape index (κ1) is 13.2. The number of anilines is 1. The van der Waals surface area contributed by atoms with E-state index < -0.39 is 14.9 Å². The Balaban J connectivity index is 3.28. The Morgan fingerprint density at radius 1 is 1.35 bits per heavy atom. The van der Waals surface area contributed by atoms with Crippen molar-refractivity contribution < 1.29 is 13.3 Å². The lowest BCUT2D eigenvalue weighted by Crippen LogP contribution is -2.11. The minimum atomic E-state index is -3.61. The maximum Gasteiger partial charge on any atom is 0.270 e. The third-order valence-electron chi connectivity index (χ3n) is 2.19. The lowest BCUT2D eigenvalue weighted by molar-refractivity contribution is -0.384. The number of non-ortho nitro benzene ring substituents is 1. The van der Waals surface area contributed by atoms with Crippen LogP contribution in [0, 0.1) is 24.0 Å². The molecule has 0 heterocycles. The van der Waals surface area contributed by atoms with Crippen molar-refractivity contribution in [2.24, 2.45) is 0 Å². The molecule has 0 aliphatic carbocycles. The topological polar surface area (TPSA) is 89.3 Å². The zero-order valence-electron chi connectivity index (χ0n) is 9.43. The van der Waals surface area contributed by atoms with Crippen LogP contribution < -0.4 is 4.72 Å². The maximum absolute atomic E-state index is 11.3. The number of hydrogen-bond donors (Lipinski definition) is 1. The predicted octanol–water partition coefficient (Wildman–Crippen LogP) is 2.10. The molecule has 0 aliphatic heterocycles. The molecule has 0 fully saturated rings. The van der Waals surface area contributed by atoms with E-state index in [-0.39, 0.29) is 5.69 Å². The van der Waals surface area contributed by atoms with Gasteiger partial charge in [-0.3, -0.25) is 14.8 Å². The van der Waals surface area contributed by atoms with Crippen molar-refractivity contribution in [2.75, 3.05) is 4.72 Å². The van der Waals surface area contributed by atoms with Gasteiger partial charge >= 0.3 is 0 Å². The van der Waals surface area contributed by atoms with Crippen LogP contribution in [0.4, 0.5) is 11.4 Å². The molecule has 6 nitrogen and oxygen atoms in total. The molecule has 1 N–H and O–H groups in total. The fraction of sp³-hybridized carbons (Fsp3) is 0.200. The number of nitro benzene ring substituents is 1. The third kappa shape index (κ3) is 3.04. The minimum Gasteiger partial charge on any atom is -0.280 e. The van der Waals surface area contributed by atoms with Crippen LogP contribution >= 0.6 is 0 Å². The van der Waals surface area contributed by atoms with E-state index in [0.717, 1.165) is 5.41 Å². The van der Waals surface area contributed by atoms with E-state index in [2.05, 4.69) is 11.3 Å². The van der Waals surface area contributed by atoms with Gasteiger partial charge in [0, 0.05) is 17.5 Å². The average molecular weight is 256 g/mol. The Hall–Kier alpha value is -1.89. The summed E-state index contributed by atoms with van der Waals surface area (Å²) < 4.78 is 25.0. The summed E-state index contributed by atoms with van der Waals surface area (Å²) in [5, 5.41) is 11.4. The van der Waals surface area contributed by atoms with E-state index in [1.165, 1.54) is 12.1 Å². The number of hydrogen-bond acceptors (Lipinski definition) is 4. The van der Waals surface area contributed by atoms with Gasteiger partial charge in [-0.15, -0.1) is 0 Å². The number of aryl methyl sites for hydroxylation is 2. The molecule has 0 amide bonds. The smallest absolute Gasteiger partial charge is 0.270 e. The molecule has 1 aromatic carbocycles. The van der Waals surface area contributed by atoms with Crippen LogP contribution in [0.3, 0.4) is 0 Å². The molecule has 0 saturated heterocycles. The molecule has 0 saturated carbocycles. The number of rotatable bonds is 4. The van der Waals surface area contributed by atoms with Gasteiger partial charge in [-0.25, -0.2) is 8.42 Å². The molecule has 0 aliphatic rings. The van der Waals surface area contributed by atoms with E-state index in [1.54, 1.807) is 13.8 Å². The number of nitrogens with zero attached hydrogens (tertiary/aromatic N) is 1. The van der Waals surface area contributed by atoms with Crippen molar-refractivity contribution in [3.63, 3.8) is 0 Å². The van der Waals surface area contributed by atoms with Crippen LogP contribution in [0.15, 0.2) is 24.1 Å². The molecule has 0 atom stereocenters. The van der Waals surface area contributed by atoms with Crippen molar-refractivity contribution >= 4 is 21.4 Å². The highest BCUT2D eigenvalue weighted by Gasteiger charge is 2.14. The molecule has 0 aromatic heterocycles. The second-order valence-electron chi connectivity index (χ2n) is 3.53. The van der Waals surface area contributed by atoms with Crippen molar-refractivity contribution in [3.8, 4) is 0 Å². The molecule has 0 radical (unpaired) electrons. The fourth-order valence-electron chi connectivity index (χ4n) is 1.39. The van der Waals surface area contributed by atoms with Crippen molar-refractivity contribution in [3.05, 3.63) is 45.4 Å². The highest BCUT2D eigenvalue weighted by molar-refractivity contribution is 7.95. The summed E-state index contributed by atoms with van der Waals surface area (Å²) >= 11 is 0. The lowest BCUT2D eigenvalue weighted by Gasteiger charge is -2.10. The molecular formula is C10H12N2O4S. The van der Waals surface area contributed by atoms with Gasteiger partial charge in [0.05, 0.1) is 10.6 Å². The van der Waals surface area contributed by atoms with E-state index in [9.17, 15) is 18.5 Å². The van der Waals surface area contributed by atoms with Gasteiger partial charge in [-0.2, -0.15) is 0 Å². The van der Waals surface area contributed by atoms with Gasteiger partial charge in [0.15, 0.2) is 0 Å². The summed E-state index contributed by atoms with van der Waals surface area (Å²) in [6.07, 6.45) is 0. The molecular weight excluding hydrogens is 244 g/mol. The first-order valence-corrected chi connectivity index (χ1v) is 6.22. The number of benzene rings is 1. The van der Waals surface area contributed by atoms with Crippen LogP contribution in [-0.4, -0.2) is 13.3 Å². The van der Waals surface area contributed by atoms with Crippen molar-refractivity contribution in [1.82, 2.24) is 0 Å². The van der Waals surface area contributed by atoms with Gasteiger partial charge in [0.1, 0.15) is 0 Å². The summed E-state index contributed by atoms with van der Waals surface area (Å²) in [4.78, 5) is 10.1. The van der Waals surface area contributed by atoms with Crippen molar-refractivity contribution in [2.45, 2.75) is 13.8 Å². The molecule has 0 spiro atoms. The van der Waals surface area contributed by atoms with Gasteiger partial charge in [0.25, 0.3) is 15.7 Å². The molecule has 1 rings (SSSR count). The Morgan fingerprint density at radius 3 is 2.18 bits per heavy atom. The normalized spacial score (nSPS) is 10.9. The Morgan fingerprint density at radius 2 is 1.82 bits per heavy atom. The monoisotopic (exact) mass is 256 g/mol. The maximum atomic E-state index is 11.3. The summed E-state index contributed by atoms with van der Waals surface area (Å²) in [6.45, 7) is 6.37. The standard InChI is InChI=1S/C10H12N2O4S/c1-4-17(15,16)11-10-7(2)5-9(12(13)14)6-8(10)3/h4-6,11H,1H2,2-3H3. The zero-order valence-corrected chi connectivity index (χ0v) is 10.2. The highest BCUT2D eigenvalue weighted by Crippen LogP contribution is 2.26. The van der Waals surface area contributed by atoms with Crippen molar-refractivity contribution in [1.29, 1.82) is 0 Å². The number of nitro groups is 1. The number of sulfonamides is 1. The minimum absolute atomic E-state index is 0.0680. The molecule has 1 aromatic rings. The molecule has 92 valence electrons. The second kappa shape index (κ2) is 4.54. The van der Waals surface area contributed by atoms with Gasteiger partial charge in [-0.05, 0) is 25.0 Å². The first-order valence-electron chi connectivity index (χ1n) is 4.67. The second-order valence-corrected chi connectivity index (χ2v) is 5.15. The summed E-state index contributed by atoms with van der Waals surface area (Å²) in [5.74, 6) is 0. The molecule has 0 bridgehead atoms. The fourth-order valence-corrected chi connectivity index (χ4v) is 2.08. The predicted molar refractivity (Wildman–Crippen MR) is 65.3 cm³/mol. The van der Waals surface area contributed by atoms with Crippen LogP contribution in [0.1, 0.15) is 11.1 Å². The zero-order chi connectivity index (χ0) is 13.2. The van der Waals surface area contributed by atoms with Crippen LogP contribution in [0.5, 0.6) is 0 Å². The largest absolute Gasteiger partial charge is 0.280 e. The molecule has 0 unspecified atom stereocenters. The first-order chi connectivity index (χ1) is 7.76. The quantitative estimate of drug-likeness (QED) is 0.659. The van der Waals surface area contributed by atoms with Crippen LogP contribution in [0.25, 0.3) is 0 Å². The van der Waals surface area contributed by atoms with Gasteiger partial charge in [0.2, 0.25) is 0 Å². The molecule has 7 heteroatoms. The highest BCUT2D eigenvalue weighted by atomic mass is 32.2. The SMILES string of the molecule is C=CS(=O)(=O)Nc1c(C)cc([N+](=O)[O-])cc1C.